The van der Waals surface area contributed by atoms with Gasteiger partial charge in [0.1, 0.15) is 6.04 Å². The van der Waals surface area contributed by atoms with Crippen molar-refractivity contribution in [2.75, 3.05) is 46.5 Å². The predicted molar refractivity (Wildman–Crippen MR) is 78.3 cm³/mol. The molecule has 1 heterocycles. The first-order valence-electron chi connectivity index (χ1n) is 7.04. The van der Waals surface area contributed by atoms with Crippen molar-refractivity contribution in [1.82, 2.24) is 10.2 Å². The van der Waals surface area contributed by atoms with Crippen molar-refractivity contribution < 1.29 is 14.6 Å². The van der Waals surface area contributed by atoms with Crippen LogP contribution in [0.4, 0.5) is 0 Å². The maximum absolute atomic E-state index is 9.59. The lowest BCUT2D eigenvalue weighted by atomic mass is 10.1. The van der Waals surface area contributed by atoms with E-state index in [1.54, 1.807) is 18.2 Å². The van der Waals surface area contributed by atoms with Gasteiger partial charge in [0.05, 0.1) is 26.4 Å². The predicted octanol–water partition coefficient (Wildman–Crippen LogP) is 0.887. The van der Waals surface area contributed by atoms with Gasteiger partial charge in [0.25, 0.3) is 0 Å². The number of methoxy groups -OCH3 is 1. The van der Waals surface area contributed by atoms with Crippen LogP contribution in [0.3, 0.4) is 0 Å². The molecule has 0 amide bonds. The third-order valence-corrected chi connectivity index (χ3v) is 3.55. The van der Waals surface area contributed by atoms with Crippen molar-refractivity contribution >= 4 is 0 Å². The fourth-order valence-corrected chi connectivity index (χ4v) is 2.30. The van der Waals surface area contributed by atoms with Gasteiger partial charge in [-0.05, 0) is 17.7 Å². The second kappa shape index (κ2) is 7.84. The van der Waals surface area contributed by atoms with Gasteiger partial charge < -0.3 is 14.6 Å². The zero-order valence-electron chi connectivity index (χ0n) is 12.2. The first-order chi connectivity index (χ1) is 10.2. The molecule has 1 aromatic carbocycles. The molecule has 114 valence electrons. The normalized spacial score (nSPS) is 17.1. The molecule has 0 spiro atoms. The molecule has 2 N–H and O–H groups in total. The Morgan fingerprint density at radius 1 is 1.48 bits per heavy atom. The first kappa shape index (κ1) is 15.6. The molecule has 1 aliphatic rings. The molecule has 1 fully saturated rings. The van der Waals surface area contributed by atoms with Crippen LogP contribution in [0.2, 0.25) is 0 Å². The Morgan fingerprint density at radius 3 is 2.90 bits per heavy atom. The molecule has 1 unspecified atom stereocenters. The van der Waals surface area contributed by atoms with Crippen molar-refractivity contribution in [3.05, 3.63) is 23.8 Å². The summed E-state index contributed by atoms with van der Waals surface area (Å²) >= 11 is 0. The molecule has 1 aromatic rings. The second-order valence-electron chi connectivity index (χ2n) is 4.90. The lowest BCUT2D eigenvalue weighted by molar-refractivity contribution is 0.0383. The van der Waals surface area contributed by atoms with E-state index in [9.17, 15) is 10.4 Å². The zero-order valence-corrected chi connectivity index (χ0v) is 12.2. The Kier molecular flexibility index (Phi) is 5.81. The number of nitrogens with one attached hydrogen (secondary N) is 1. The van der Waals surface area contributed by atoms with Crippen LogP contribution < -0.4 is 10.1 Å². The Morgan fingerprint density at radius 2 is 2.24 bits per heavy atom. The molecule has 0 radical (unpaired) electrons. The minimum Gasteiger partial charge on any atom is -0.504 e. The number of ether oxygens (including phenoxy) is 2. The van der Waals surface area contributed by atoms with E-state index in [2.05, 4.69) is 16.3 Å². The Hall–Kier alpha value is -1.81. The highest BCUT2D eigenvalue weighted by Crippen LogP contribution is 2.28. The summed E-state index contributed by atoms with van der Waals surface area (Å²) in [6.45, 7) is 5.03. The summed E-state index contributed by atoms with van der Waals surface area (Å²) in [5, 5.41) is 22.1. The van der Waals surface area contributed by atoms with Crippen LogP contribution in [0.1, 0.15) is 11.6 Å². The molecule has 0 aromatic heterocycles. The van der Waals surface area contributed by atoms with Crippen LogP contribution in [-0.2, 0) is 4.74 Å². The maximum Gasteiger partial charge on any atom is 0.160 e. The van der Waals surface area contributed by atoms with Crippen LogP contribution in [-0.4, -0.2) is 56.5 Å². The van der Waals surface area contributed by atoms with Crippen molar-refractivity contribution in [3.8, 4) is 17.6 Å². The Bertz CT molecular complexity index is 495. The van der Waals surface area contributed by atoms with E-state index in [4.69, 9.17) is 9.47 Å². The van der Waals surface area contributed by atoms with Crippen LogP contribution in [0.5, 0.6) is 11.5 Å². The van der Waals surface area contributed by atoms with Gasteiger partial charge in [0.15, 0.2) is 11.5 Å². The highest BCUT2D eigenvalue weighted by molar-refractivity contribution is 5.43. The van der Waals surface area contributed by atoms with Crippen molar-refractivity contribution in [2.24, 2.45) is 0 Å². The lowest BCUT2D eigenvalue weighted by Crippen LogP contribution is -2.40. The van der Waals surface area contributed by atoms with Crippen LogP contribution in [0, 0.1) is 11.3 Å². The van der Waals surface area contributed by atoms with Gasteiger partial charge in [0, 0.05) is 26.2 Å². The summed E-state index contributed by atoms with van der Waals surface area (Å²) in [6.07, 6.45) is 0. The summed E-state index contributed by atoms with van der Waals surface area (Å²) in [5.41, 5.74) is 0.786. The summed E-state index contributed by atoms with van der Waals surface area (Å²) in [4.78, 5) is 2.31. The molecule has 1 atom stereocenters. The highest BCUT2D eigenvalue weighted by atomic mass is 16.5. The molecule has 0 aliphatic carbocycles. The third kappa shape index (κ3) is 4.33. The molecule has 0 bridgehead atoms. The number of phenols is 1. The molecule has 1 aliphatic heterocycles. The average Bonchev–Trinajstić information content (AvgIpc) is 2.53. The largest absolute Gasteiger partial charge is 0.504 e. The van der Waals surface area contributed by atoms with Gasteiger partial charge in [-0.15, -0.1) is 0 Å². The molecule has 0 saturated carbocycles. The van der Waals surface area contributed by atoms with E-state index in [-0.39, 0.29) is 5.75 Å². The van der Waals surface area contributed by atoms with Crippen molar-refractivity contribution in [2.45, 2.75) is 6.04 Å². The quantitative estimate of drug-likeness (QED) is 0.810. The number of nitrogens with zero attached hydrogens (tertiary/aromatic N) is 2. The highest BCUT2D eigenvalue weighted by Gasteiger charge is 2.14. The summed E-state index contributed by atoms with van der Waals surface area (Å²) in [7, 11) is 1.49. The van der Waals surface area contributed by atoms with E-state index in [0.717, 1.165) is 45.0 Å². The van der Waals surface area contributed by atoms with E-state index in [1.165, 1.54) is 7.11 Å². The SMILES string of the molecule is COc1cc(C(C#N)NCCN2CCOCC2)ccc1O. The molecule has 21 heavy (non-hydrogen) atoms. The number of morpholine rings is 1. The number of hydrogen-bond donors (Lipinski definition) is 2. The van der Waals surface area contributed by atoms with Gasteiger partial charge in [-0.2, -0.15) is 5.26 Å². The summed E-state index contributed by atoms with van der Waals surface area (Å²) < 4.78 is 10.4. The number of rotatable bonds is 6. The minimum absolute atomic E-state index is 0.0752. The topological polar surface area (TPSA) is 77.8 Å². The van der Waals surface area contributed by atoms with Gasteiger partial charge in [-0.25, -0.2) is 0 Å². The van der Waals surface area contributed by atoms with E-state index in [0.29, 0.717) is 5.75 Å². The zero-order chi connectivity index (χ0) is 15.1. The maximum atomic E-state index is 9.59. The van der Waals surface area contributed by atoms with Gasteiger partial charge >= 0.3 is 0 Å². The van der Waals surface area contributed by atoms with Crippen molar-refractivity contribution in [3.63, 3.8) is 0 Å². The Labute approximate surface area is 124 Å². The molecule has 6 nitrogen and oxygen atoms in total. The molecular weight excluding hydrogens is 270 g/mol. The minimum atomic E-state index is -0.416. The van der Waals surface area contributed by atoms with E-state index < -0.39 is 6.04 Å². The average molecular weight is 291 g/mol. The summed E-state index contributed by atoms with van der Waals surface area (Å²) in [6, 6.07) is 6.78. The second-order valence-corrected chi connectivity index (χ2v) is 4.90. The van der Waals surface area contributed by atoms with Crippen LogP contribution in [0.25, 0.3) is 0 Å². The lowest BCUT2D eigenvalue weighted by Gasteiger charge is -2.27. The Balaban J connectivity index is 1.89. The smallest absolute Gasteiger partial charge is 0.160 e. The third-order valence-electron chi connectivity index (χ3n) is 3.55. The molecule has 1 saturated heterocycles. The number of benzene rings is 1. The first-order valence-corrected chi connectivity index (χ1v) is 7.04. The van der Waals surface area contributed by atoms with Crippen LogP contribution >= 0.6 is 0 Å². The molecule has 6 heteroatoms. The van der Waals surface area contributed by atoms with Crippen LogP contribution in [0.15, 0.2) is 18.2 Å². The number of hydrogen-bond acceptors (Lipinski definition) is 6. The number of nitriles is 1. The molecular formula is C15H21N3O3. The number of aromatic hydroxyl groups is 1. The van der Waals surface area contributed by atoms with Gasteiger partial charge in [0.2, 0.25) is 0 Å². The number of phenolic OH excluding ortho intramolecular Hbond substituents is 1. The van der Waals surface area contributed by atoms with E-state index >= 15 is 0 Å². The monoisotopic (exact) mass is 291 g/mol. The van der Waals surface area contributed by atoms with Gasteiger partial charge in [-0.1, -0.05) is 6.07 Å². The van der Waals surface area contributed by atoms with Gasteiger partial charge in [-0.3, -0.25) is 10.2 Å². The standard InChI is InChI=1S/C15H21N3O3/c1-20-15-10-12(2-3-14(15)19)13(11-16)17-4-5-18-6-8-21-9-7-18/h2-3,10,13,17,19H,4-9H2,1H3. The fourth-order valence-electron chi connectivity index (χ4n) is 2.30. The summed E-state index contributed by atoms with van der Waals surface area (Å²) in [5.74, 6) is 0.453. The molecule has 2 rings (SSSR count). The van der Waals surface area contributed by atoms with E-state index in [1.807, 2.05) is 0 Å². The van der Waals surface area contributed by atoms with Crippen molar-refractivity contribution in [1.29, 1.82) is 5.26 Å². The fraction of sp³-hybridized carbons (Fsp3) is 0.533.